The van der Waals surface area contributed by atoms with Crippen molar-refractivity contribution >= 4 is 5.91 Å². The topological polar surface area (TPSA) is 64.9 Å². The van der Waals surface area contributed by atoms with E-state index in [0.29, 0.717) is 24.2 Å². The third kappa shape index (κ3) is 3.61. The van der Waals surface area contributed by atoms with Gasteiger partial charge in [0.15, 0.2) is 0 Å². The average molecular weight is 269 g/mol. The molecule has 0 fully saturated rings. The van der Waals surface area contributed by atoms with Crippen molar-refractivity contribution in [3.05, 3.63) is 47.2 Å². The van der Waals surface area contributed by atoms with Crippen molar-refractivity contribution in [3.8, 4) is 6.07 Å². The van der Waals surface area contributed by atoms with E-state index in [1.807, 2.05) is 25.1 Å². The molecule has 1 aliphatic heterocycles. The quantitative estimate of drug-likeness (QED) is 0.877. The summed E-state index contributed by atoms with van der Waals surface area (Å²) in [6, 6.07) is 12.4. The van der Waals surface area contributed by atoms with Crippen LogP contribution in [0.2, 0.25) is 0 Å². The number of allylic oxidation sites excluding steroid dienone is 1. The Kier molecular flexibility index (Phi) is 4.78. The lowest BCUT2D eigenvalue weighted by Crippen LogP contribution is -2.37. The summed E-state index contributed by atoms with van der Waals surface area (Å²) in [5.41, 5.74) is 2.20. The van der Waals surface area contributed by atoms with Crippen molar-refractivity contribution in [3.63, 3.8) is 0 Å². The molecule has 20 heavy (non-hydrogen) atoms. The molecular formula is C16H19N3O. The highest BCUT2D eigenvalue weighted by atomic mass is 16.2. The van der Waals surface area contributed by atoms with Crippen molar-refractivity contribution in [2.24, 2.45) is 0 Å². The number of nitriles is 1. The normalized spacial score (nSPS) is 16.9. The smallest absolute Gasteiger partial charge is 0.268 e. The predicted molar refractivity (Wildman–Crippen MR) is 77.6 cm³/mol. The van der Waals surface area contributed by atoms with E-state index in [0.717, 1.165) is 12.8 Å². The van der Waals surface area contributed by atoms with E-state index >= 15 is 0 Å². The van der Waals surface area contributed by atoms with Crippen LogP contribution in [0.1, 0.15) is 25.3 Å². The van der Waals surface area contributed by atoms with Gasteiger partial charge in [-0.1, -0.05) is 30.3 Å². The molecule has 104 valence electrons. The number of nitrogens with zero attached hydrogens (tertiary/aromatic N) is 1. The predicted octanol–water partition coefficient (Wildman–Crippen LogP) is 1.89. The summed E-state index contributed by atoms with van der Waals surface area (Å²) in [4.78, 5) is 12.0. The Morgan fingerprint density at radius 1 is 1.40 bits per heavy atom. The molecule has 1 aromatic rings. The number of nitrogens with one attached hydrogen (secondary N) is 2. The maximum atomic E-state index is 12.0. The van der Waals surface area contributed by atoms with E-state index in [2.05, 4.69) is 28.8 Å². The molecule has 0 saturated carbocycles. The van der Waals surface area contributed by atoms with Gasteiger partial charge in [0.25, 0.3) is 5.91 Å². The molecule has 0 unspecified atom stereocenters. The second kappa shape index (κ2) is 6.76. The van der Waals surface area contributed by atoms with Crippen LogP contribution in [0.15, 0.2) is 41.6 Å². The largest absolute Gasteiger partial charge is 0.377 e. The molecule has 1 aliphatic rings. The van der Waals surface area contributed by atoms with Crippen LogP contribution in [0, 0.1) is 11.3 Å². The second-order valence-corrected chi connectivity index (χ2v) is 5.06. The van der Waals surface area contributed by atoms with Crippen LogP contribution >= 0.6 is 0 Å². The highest BCUT2D eigenvalue weighted by molar-refractivity contribution is 5.94. The summed E-state index contributed by atoms with van der Waals surface area (Å²) in [6.07, 6.45) is 2.28. The average Bonchev–Trinajstić information content (AvgIpc) is 2.62. The fourth-order valence-electron chi connectivity index (χ4n) is 2.35. The van der Waals surface area contributed by atoms with Crippen LogP contribution in [0.25, 0.3) is 0 Å². The standard InChI is InChI=1S/C16H19N3O/c1-12(10-13-6-3-2-4-7-13)19-15-14(11-17)8-5-9-18-16(15)20/h2-4,6-7,12,19H,5,8-10H2,1H3,(H,18,20)/t12-/m1/s1. The van der Waals surface area contributed by atoms with E-state index in [-0.39, 0.29) is 11.9 Å². The first-order chi connectivity index (χ1) is 9.70. The van der Waals surface area contributed by atoms with Crippen LogP contribution in [0.5, 0.6) is 0 Å². The van der Waals surface area contributed by atoms with Gasteiger partial charge in [0.1, 0.15) is 5.70 Å². The Hall–Kier alpha value is -2.28. The van der Waals surface area contributed by atoms with Gasteiger partial charge in [-0.15, -0.1) is 0 Å². The molecule has 0 radical (unpaired) electrons. The molecule has 0 saturated heterocycles. The monoisotopic (exact) mass is 269 g/mol. The summed E-state index contributed by atoms with van der Waals surface area (Å²) < 4.78 is 0. The lowest BCUT2D eigenvalue weighted by atomic mass is 10.1. The first-order valence-corrected chi connectivity index (χ1v) is 6.92. The number of hydrogen-bond donors (Lipinski definition) is 2. The van der Waals surface area contributed by atoms with Crippen LogP contribution in [0.4, 0.5) is 0 Å². The van der Waals surface area contributed by atoms with Crippen LogP contribution in [0.3, 0.4) is 0 Å². The summed E-state index contributed by atoms with van der Waals surface area (Å²) in [5.74, 6) is -0.168. The minimum Gasteiger partial charge on any atom is -0.377 e. The molecule has 0 aromatic heterocycles. The van der Waals surface area contributed by atoms with Crippen molar-refractivity contribution in [1.29, 1.82) is 5.26 Å². The van der Waals surface area contributed by atoms with Crippen LogP contribution < -0.4 is 10.6 Å². The van der Waals surface area contributed by atoms with Gasteiger partial charge >= 0.3 is 0 Å². The second-order valence-electron chi connectivity index (χ2n) is 5.06. The van der Waals surface area contributed by atoms with Crippen LogP contribution in [-0.2, 0) is 11.2 Å². The molecule has 0 aliphatic carbocycles. The van der Waals surface area contributed by atoms with E-state index in [1.54, 1.807) is 0 Å². The Labute approximate surface area is 119 Å². The molecule has 0 bridgehead atoms. The number of hydrogen-bond acceptors (Lipinski definition) is 3. The van der Waals surface area contributed by atoms with Gasteiger partial charge in [0.05, 0.1) is 11.6 Å². The van der Waals surface area contributed by atoms with Gasteiger partial charge < -0.3 is 10.6 Å². The SMILES string of the molecule is C[C@H](Cc1ccccc1)NC1=C(C#N)CCCNC1=O. The molecule has 2 rings (SSSR count). The lowest BCUT2D eigenvalue weighted by Gasteiger charge is -2.17. The van der Waals surface area contributed by atoms with Crippen LogP contribution in [-0.4, -0.2) is 18.5 Å². The van der Waals surface area contributed by atoms with Gasteiger partial charge in [-0.25, -0.2) is 0 Å². The van der Waals surface area contributed by atoms with Gasteiger partial charge in [0.2, 0.25) is 0 Å². The maximum absolute atomic E-state index is 12.0. The molecule has 4 heteroatoms. The number of rotatable bonds is 4. The minimum absolute atomic E-state index is 0.0969. The number of amides is 1. The van der Waals surface area contributed by atoms with Gasteiger partial charge in [-0.05, 0) is 31.7 Å². The van der Waals surface area contributed by atoms with Gasteiger partial charge in [-0.2, -0.15) is 5.26 Å². The third-order valence-corrected chi connectivity index (χ3v) is 3.33. The Bertz CT molecular complexity index is 543. The third-order valence-electron chi connectivity index (χ3n) is 3.33. The van der Waals surface area contributed by atoms with Crippen molar-refractivity contribution in [2.75, 3.05) is 6.54 Å². The van der Waals surface area contributed by atoms with Gasteiger partial charge in [-0.3, -0.25) is 4.79 Å². The van der Waals surface area contributed by atoms with E-state index < -0.39 is 0 Å². The Balaban J connectivity index is 2.08. The zero-order valence-electron chi connectivity index (χ0n) is 11.6. The number of carbonyl (C=O) groups excluding carboxylic acids is 1. The van der Waals surface area contributed by atoms with E-state index in [9.17, 15) is 10.1 Å². The lowest BCUT2D eigenvalue weighted by molar-refractivity contribution is -0.117. The molecular weight excluding hydrogens is 250 g/mol. The first-order valence-electron chi connectivity index (χ1n) is 6.92. The zero-order valence-corrected chi connectivity index (χ0v) is 11.6. The number of carbonyl (C=O) groups is 1. The van der Waals surface area contributed by atoms with E-state index in [1.165, 1.54) is 5.56 Å². The highest BCUT2D eigenvalue weighted by Gasteiger charge is 2.20. The molecule has 4 nitrogen and oxygen atoms in total. The molecule has 1 amide bonds. The Morgan fingerprint density at radius 3 is 2.85 bits per heavy atom. The zero-order chi connectivity index (χ0) is 14.4. The van der Waals surface area contributed by atoms with Gasteiger partial charge in [0, 0.05) is 12.6 Å². The summed E-state index contributed by atoms with van der Waals surface area (Å²) in [5, 5.41) is 15.2. The van der Waals surface area contributed by atoms with Crippen molar-refractivity contribution in [1.82, 2.24) is 10.6 Å². The number of benzene rings is 1. The maximum Gasteiger partial charge on any atom is 0.268 e. The fraction of sp³-hybridized carbons (Fsp3) is 0.375. The molecule has 1 aromatic carbocycles. The Morgan fingerprint density at radius 2 is 2.15 bits per heavy atom. The van der Waals surface area contributed by atoms with E-state index in [4.69, 9.17) is 0 Å². The molecule has 2 N–H and O–H groups in total. The summed E-state index contributed by atoms with van der Waals surface area (Å²) in [6.45, 7) is 2.65. The summed E-state index contributed by atoms with van der Waals surface area (Å²) >= 11 is 0. The van der Waals surface area contributed by atoms with Crippen molar-refractivity contribution in [2.45, 2.75) is 32.2 Å². The molecule has 0 spiro atoms. The minimum atomic E-state index is -0.168. The first kappa shape index (κ1) is 14.1. The fourth-order valence-corrected chi connectivity index (χ4v) is 2.35. The highest BCUT2D eigenvalue weighted by Crippen LogP contribution is 2.13. The van der Waals surface area contributed by atoms with Crippen molar-refractivity contribution < 1.29 is 4.79 Å². The summed E-state index contributed by atoms with van der Waals surface area (Å²) in [7, 11) is 0. The molecule has 1 heterocycles. The molecule has 1 atom stereocenters.